The highest BCUT2D eigenvalue weighted by Gasteiger charge is 2.43. The molecule has 1 aliphatic carbocycles. The van der Waals surface area contributed by atoms with Crippen molar-refractivity contribution in [1.82, 2.24) is 9.62 Å². The van der Waals surface area contributed by atoms with Crippen molar-refractivity contribution in [3.05, 3.63) is 65.7 Å². The summed E-state index contributed by atoms with van der Waals surface area (Å²) in [5.74, 6) is 0. The molecule has 2 aromatic carbocycles. The molecule has 1 aliphatic rings. The zero-order chi connectivity index (χ0) is 18.1. The number of sulfonamides is 1. The van der Waals surface area contributed by atoms with E-state index in [0.29, 0.717) is 4.90 Å². The van der Waals surface area contributed by atoms with Crippen LogP contribution in [0.2, 0.25) is 0 Å². The van der Waals surface area contributed by atoms with Crippen molar-refractivity contribution in [3.8, 4) is 0 Å². The number of benzene rings is 2. The topological polar surface area (TPSA) is 49.4 Å². The van der Waals surface area contributed by atoms with Crippen molar-refractivity contribution in [2.75, 3.05) is 20.6 Å². The molecule has 0 unspecified atom stereocenters. The van der Waals surface area contributed by atoms with E-state index in [0.717, 1.165) is 12.1 Å². The minimum Gasteiger partial charge on any atom is -0.309 e. The van der Waals surface area contributed by atoms with Gasteiger partial charge in [-0.05, 0) is 43.0 Å². The monoisotopic (exact) mass is 358 g/mol. The van der Waals surface area contributed by atoms with Gasteiger partial charge in [-0.15, -0.1) is 0 Å². The molecule has 0 radical (unpaired) electrons. The first-order valence-electron chi connectivity index (χ1n) is 8.67. The lowest BCUT2D eigenvalue weighted by atomic mass is 9.95. The highest BCUT2D eigenvalue weighted by atomic mass is 32.2. The third-order valence-electron chi connectivity index (χ3n) is 5.15. The lowest BCUT2D eigenvalue weighted by molar-refractivity contribution is 0.509. The molecular formula is C20H26N2O2S. The van der Waals surface area contributed by atoms with E-state index in [1.165, 1.54) is 22.7 Å². The standard InChI is InChI=1S/C20H26N2O2S/c1-16(17-9-11-19(12-10-17)25(23,24)22(2)3)21-15-20(13-14-20)18-7-5-4-6-8-18/h4-12,16,21H,13-15H2,1-3H3/t16-/m0/s1. The fourth-order valence-electron chi connectivity index (χ4n) is 3.12. The molecule has 1 fully saturated rings. The van der Waals surface area contributed by atoms with Gasteiger partial charge in [0.1, 0.15) is 0 Å². The molecule has 1 saturated carbocycles. The first-order valence-corrected chi connectivity index (χ1v) is 10.1. The summed E-state index contributed by atoms with van der Waals surface area (Å²) in [4.78, 5) is 0.330. The maximum atomic E-state index is 12.1. The van der Waals surface area contributed by atoms with Crippen LogP contribution >= 0.6 is 0 Å². The van der Waals surface area contributed by atoms with Crippen LogP contribution in [0, 0.1) is 0 Å². The molecule has 4 nitrogen and oxygen atoms in total. The van der Waals surface area contributed by atoms with Crippen molar-refractivity contribution in [1.29, 1.82) is 0 Å². The van der Waals surface area contributed by atoms with Crippen LogP contribution < -0.4 is 5.32 Å². The van der Waals surface area contributed by atoms with E-state index in [-0.39, 0.29) is 11.5 Å². The maximum Gasteiger partial charge on any atom is 0.242 e. The van der Waals surface area contributed by atoms with E-state index in [2.05, 4.69) is 42.6 Å². The number of rotatable bonds is 7. The van der Waals surface area contributed by atoms with Gasteiger partial charge in [0.2, 0.25) is 10.0 Å². The lowest BCUT2D eigenvalue weighted by Crippen LogP contribution is -2.29. The van der Waals surface area contributed by atoms with Crippen LogP contribution in [0.3, 0.4) is 0 Å². The summed E-state index contributed by atoms with van der Waals surface area (Å²) in [6.07, 6.45) is 2.44. The molecule has 0 heterocycles. The van der Waals surface area contributed by atoms with Crippen LogP contribution in [-0.4, -0.2) is 33.4 Å². The second kappa shape index (κ2) is 6.90. The van der Waals surface area contributed by atoms with Gasteiger partial charge in [-0.2, -0.15) is 0 Å². The summed E-state index contributed by atoms with van der Waals surface area (Å²) in [5.41, 5.74) is 2.77. The summed E-state index contributed by atoms with van der Waals surface area (Å²) in [6.45, 7) is 3.06. The minimum atomic E-state index is -3.37. The zero-order valence-corrected chi connectivity index (χ0v) is 15.9. The minimum absolute atomic E-state index is 0.178. The van der Waals surface area contributed by atoms with E-state index >= 15 is 0 Å². The Hall–Kier alpha value is -1.69. The normalized spacial score (nSPS) is 17.4. The van der Waals surface area contributed by atoms with Crippen LogP contribution in [0.15, 0.2) is 59.5 Å². The Kier molecular flexibility index (Phi) is 5.00. The molecule has 1 N–H and O–H groups in total. The van der Waals surface area contributed by atoms with Crippen molar-refractivity contribution in [3.63, 3.8) is 0 Å². The van der Waals surface area contributed by atoms with E-state index in [1.54, 1.807) is 26.2 Å². The third-order valence-corrected chi connectivity index (χ3v) is 6.97. The van der Waals surface area contributed by atoms with Gasteiger partial charge in [0.05, 0.1) is 4.90 Å². The quantitative estimate of drug-likeness (QED) is 0.826. The second-order valence-electron chi connectivity index (χ2n) is 7.11. The number of hydrogen-bond acceptors (Lipinski definition) is 3. The molecule has 0 aliphatic heterocycles. The summed E-state index contributed by atoms with van der Waals surface area (Å²) in [7, 11) is -0.273. The van der Waals surface area contributed by atoms with Crippen LogP contribution in [0.1, 0.15) is 36.9 Å². The van der Waals surface area contributed by atoms with Crippen molar-refractivity contribution in [2.45, 2.75) is 36.1 Å². The predicted molar refractivity (Wildman–Crippen MR) is 101 cm³/mol. The Morgan fingerprint density at radius 2 is 1.64 bits per heavy atom. The Balaban J connectivity index is 1.65. The number of hydrogen-bond donors (Lipinski definition) is 1. The fraction of sp³-hybridized carbons (Fsp3) is 0.400. The largest absolute Gasteiger partial charge is 0.309 e. The summed E-state index contributed by atoms with van der Waals surface area (Å²) in [6, 6.07) is 18.0. The highest BCUT2D eigenvalue weighted by Crippen LogP contribution is 2.47. The molecule has 3 rings (SSSR count). The second-order valence-corrected chi connectivity index (χ2v) is 9.26. The van der Waals surface area contributed by atoms with Gasteiger partial charge in [-0.25, -0.2) is 12.7 Å². The smallest absolute Gasteiger partial charge is 0.242 e. The van der Waals surface area contributed by atoms with Crippen molar-refractivity contribution >= 4 is 10.0 Å². The molecule has 1 atom stereocenters. The molecule has 5 heteroatoms. The van der Waals surface area contributed by atoms with Gasteiger partial charge in [-0.3, -0.25) is 0 Å². The van der Waals surface area contributed by atoms with Crippen LogP contribution in [0.5, 0.6) is 0 Å². The highest BCUT2D eigenvalue weighted by molar-refractivity contribution is 7.89. The van der Waals surface area contributed by atoms with Crippen LogP contribution in [-0.2, 0) is 15.4 Å². The molecule has 0 bridgehead atoms. The van der Waals surface area contributed by atoms with Gasteiger partial charge in [0.15, 0.2) is 0 Å². The van der Waals surface area contributed by atoms with Crippen molar-refractivity contribution in [2.24, 2.45) is 0 Å². The SMILES string of the molecule is C[C@H](NCC1(c2ccccc2)CC1)c1ccc(S(=O)(=O)N(C)C)cc1. The fourth-order valence-corrected chi connectivity index (χ4v) is 4.02. The van der Waals surface area contributed by atoms with E-state index < -0.39 is 10.0 Å². The van der Waals surface area contributed by atoms with Crippen LogP contribution in [0.4, 0.5) is 0 Å². The predicted octanol–water partition coefficient (Wildman–Crippen LogP) is 3.32. The van der Waals surface area contributed by atoms with Crippen LogP contribution in [0.25, 0.3) is 0 Å². The van der Waals surface area contributed by atoms with Gasteiger partial charge in [-0.1, -0.05) is 42.5 Å². The summed E-state index contributed by atoms with van der Waals surface area (Å²) in [5, 5.41) is 3.62. The molecule has 25 heavy (non-hydrogen) atoms. The molecule has 0 aromatic heterocycles. The molecular weight excluding hydrogens is 332 g/mol. The van der Waals surface area contributed by atoms with Gasteiger partial charge in [0, 0.05) is 32.1 Å². The molecule has 0 amide bonds. The maximum absolute atomic E-state index is 12.1. The zero-order valence-electron chi connectivity index (χ0n) is 15.1. The van der Waals surface area contributed by atoms with E-state index in [9.17, 15) is 8.42 Å². The summed E-state index contributed by atoms with van der Waals surface area (Å²) < 4.78 is 25.5. The molecule has 0 saturated heterocycles. The van der Waals surface area contributed by atoms with E-state index in [1.807, 2.05) is 12.1 Å². The Morgan fingerprint density at radius 1 is 1.04 bits per heavy atom. The molecule has 0 spiro atoms. The number of nitrogens with one attached hydrogen (secondary N) is 1. The third kappa shape index (κ3) is 3.78. The van der Waals surface area contributed by atoms with Crippen molar-refractivity contribution < 1.29 is 8.42 Å². The lowest BCUT2D eigenvalue weighted by Gasteiger charge is -2.21. The Bertz CT molecular complexity index is 811. The average molecular weight is 359 g/mol. The van der Waals surface area contributed by atoms with E-state index in [4.69, 9.17) is 0 Å². The molecule has 134 valence electrons. The first-order chi connectivity index (χ1) is 11.8. The summed E-state index contributed by atoms with van der Waals surface area (Å²) >= 11 is 0. The number of nitrogens with zero attached hydrogens (tertiary/aromatic N) is 1. The average Bonchev–Trinajstić information content (AvgIpc) is 3.41. The van der Waals surface area contributed by atoms with Gasteiger partial charge >= 0.3 is 0 Å². The Labute approximate surface area is 150 Å². The first kappa shape index (κ1) is 18.1. The molecule has 2 aromatic rings. The van der Waals surface area contributed by atoms with Gasteiger partial charge < -0.3 is 5.32 Å². The van der Waals surface area contributed by atoms with Gasteiger partial charge in [0.25, 0.3) is 0 Å². The Morgan fingerprint density at radius 3 is 2.16 bits per heavy atom.